The summed E-state index contributed by atoms with van der Waals surface area (Å²) >= 11 is 0. The molecule has 0 radical (unpaired) electrons. The van der Waals surface area contributed by atoms with Crippen LogP contribution in [-0.4, -0.2) is 44.7 Å². The average molecular weight is 538 g/mol. The number of H-pyrrole nitrogens is 1. The highest BCUT2D eigenvalue weighted by atomic mass is 16.5. The van der Waals surface area contributed by atoms with Crippen LogP contribution in [0.25, 0.3) is 5.69 Å². The lowest BCUT2D eigenvalue weighted by molar-refractivity contribution is -0.0980. The van der Waals surface area contributed by atoms with Crippen LogP contribution < -0.4 is 21.3 Å². The van der Waals surface area contributed by atoms with Gasteiger partial charge in [0.15, 0.2) is 0 Å². The Morgan fingerprint density at radius 2 is 1.46 bits per heavy atom. The lowest BCUT2D eigenvalue weighted by atomic mass is 9.84. The number of carbonyl (C=O) groups excluding carboxylic acids is 1. The highest BCUT2D eigenvalue weighted by molar-refractivity contribution is 5.60. The van der Waals surface area contributed by atoms with Gasteiger partial charge in [-0.2, -0.15) is 0 Å². The Labute approximate surface area is 232 Å². The van der Waals surface area contributed by atoms with Gasteiger partial charge in [0.2, 0.25) is 0 Å². The third-order valence-corrected chi connectivity index (χ3v) is 4.70. The first-order chi connectivity index (χ1) is 18.6. The van der Waals surface area contributed by atoms with Crippen molar-refractivity contribution in [3.63, 3.8) is 0 Å². The number of nitrogens with one attached hydrogen (secondary N) is 2. The van der Waals surface area contributed by atoms with Crippen molar-refractivity contribution in [3.05, 3.63) is 99.3 Å². The summed E-state index contributed by atoms with van der Waals surface area (Å²) in [5, 5.41) is 3.08. The van der Waals surface area contributed by atoms with Gasteiger partial charge in [0.25, 0.3) is 5.56 Å². The lowest BCUT2D eigenvalue weighted by Gasteiger charge is -2.24. The predicted molar refractivity (Wildman–Crippen MR) is 163 cm³/mol. The van der Waals surface area contributed by atoms with Crippen LogP contribution in [0.1, 0.15) is 51.3 Å². The van der Waals surface area contributed by atoms with Gasteiger partial charge in [0.05, 0.1) is 18.4 Å². The minimum absolute atomic E-state index is 0.252. The first-order valence-electron chi connectivity index (χ1n) is 12.2. The fourth-order valence-electron chi connectivity index (χ4n) is 3.10. The van der Waals surface area contributed by atoms with Crippen LogP contribution in [0.5, 0.6) is 5.75 Å². The molecule has 0 unspecified atom stereocenters. The molecule has 212 valence electrons. The number of hydrogen-bond donors (Lipinski definition) is 2. The van der Waals surface area contributed by atoms with Crippen LogP contribution in [0, 0.1) is 11.8 Å². The van der Waals surface area contributed by atoms with Crippen LogP contribution in [0.2, 0.25) is 0 Å². The molecule has 8 heteroatoms. The van der Waals surface area contributed by atoms with Crippen molar-refractivity contribution in [3.8, 4) is 23.3 Å². The van der Waals surface area contributed by atoms with Gasteiger partial charge in [-0.25, -0.2) is 4.79 Å². The maximum Gasteiger partial charge on any atom is 0.332 e. The van der Waals surface area contributed by atoms with E-state index in [-0.39, 0.29) is 5.41 Å². The summed E-state index contributed by atoms with van der Waals surface area (Å²) < 4.78 is 11.4. The van der Waals surface area contributed by atoms with Crippen LogP contribution in [-0.2, 0) is 14.9 Å². The number of ether oxygens (including phenoxy) is 2. The summed E-state index contributed by atoms with van der Waals surface area (Å²) in [6.07, 6.45) is 1.46. The Morgan fingerprint density at radius 3 is 1.90 bits per heavy atom. The van der Waals surface area contributed by atoms with Crippen LogP contribution in [0.4, 0.5) is 5.69 Å². The quantitative estimate of drug-likeness (QED) is 0.353. The molecule has 3 rings (SSSR count). The minimum atomic E-state index is -0.505. The molecule has 39 heavy (non-hydrogen) atoms. The molecular weight excluding hydrogens is 494 g/mol. The second-order valence-electron chi connectivity index (χ2n) is 8.29. The average Bonchev–Trinajstić information content (AvgIpc) is 2.95. The molecule has 0 saturated heterocycles. The smallest absolute Gasteiger partial charge is 0.332 e. The molecule has 0 aliphatic heterocycles. The molecule has 0 saturated carbocycles. The number of carbonyl (C=O) groups is 1. The highest BCUT2D eigenvalue weighted by Crippen LogP contribution is 2.35. The molecule has 0 atom stereocenters. The third-order valence-electron chi connectivity index (χ3n) is 4.70. The molecule has 8 nitrogen and oxygen atoms in total. The molecule has 0 amide bonds. The first kappa shape index (κ1) is 36.8. The van der Waals surface area contributed by atoms with Crippen LogP contribution in [0.3, 0.4) is 0 Å². The first-order valence-corrected chi connectivity index (χ1v) is 12.2. The molecule has 0 aliphatic carbocycles. The number of aromatic nitrogens is 2. The number of benzene rings is 2. The number of anilines is 1. The van der Waals surface area contributed by atoms with E-state index in [2.05, 4.69) is 60.8 Å². The fraction of sp³-hybridized carbons (Fsp3) is 0.323. The summed E-state index contributed by atoms with van der Waals surface area (Å²) in [6.45, 7) is 18.2. The summed E-state index contributed by atoms with van der Waals surface area (Å²) in [5.41, 5.74) is 2.85. The normalized spacial score (nSPS) is 9.15. The summed E-state index contributed by atoms with van der Waals surface area (Å²) in [6, 6.07) is 12.8. The number of rotatable bonds is 3. The molecule has 2 aromatic carbocycles. The second kappa shape index (κ2) is 19.7. The standard InChI is InChI=1S/C24H25N3O3.C2H6O.C2H6.C2H4.CH2O/c1-24(2,3)20-15-19(27-13-12-21(28)26-23(27)29)14-17(22(20)30-5)9-6-16-7-10-18(25-4)11-8-16;1-3-2;3*1-2/h7-8,10-15,25H,1-5H3,(H,26,28,29);1-2H3;1-2H3;1-2H2;1H2. The van der Waals surface area contributed by atoms with E-state index >= 15 is 0 Å². The van der Waals surface area contributed by atoms with E-state index in [1.165, 1.54) is 16.8 Å². The van der Waals surface area contributed by atoms with Gasteiger partial charge in [0, 0.05) is 50.3 Å². The van der Waals surface area contributed by atoms with Crippen molar-refractivity contribution in [2.45, 2.75) is 40.0 Å². The number of aromatic amines is 1. The van der Waals surface area contributed by atoms with E-state index in [9.17, 15) is 9.59 Å². The minimum Gasteiger partial charge on any atom is -0.495 e. The monoisotopic (exact) mass is 537 g/mol. The Bertz CT molecular complexity index is 1290. The molecule has 1 aromatic heterocycles. The third kappa shape index (κ3) is 11.7. The van der Waals surface area contributed by atoms with E-state index in [0.29, 0.717) is 17.0 Å². The maximum absolute atomic E-state index is 12.3. The SMILES string of the molecule is C=C.C=O.CC.CNc1ccc(C#Cc2cc(-n3ccc(=O)[nH]c3=O)cc(C(C)(C)C)c2OC)cc1.COC. The fourth-order valence-corrected chi connectivity index (χ4v) is 3.10. The van der Waals surface area contributed by atoms with Gasteiger partial charge in [-0.05, 0) is 41.8 Å². The van der Waals surface area contributed by atoms with E-state index in [1.54, 1.807) is 27.4 Å². The molecule has 3 aromatic rings. The van der Waals surface area contributed by atoms with Crippen molar-refractivity contribution < 1.29 is 14.3 Å². The zero-order chi connectivity index (χ0) is 30.6. The van der Waals surface area contributed by atoms with Gasteiger partial charge in [-0.1, -0.05) is 46.5 Å². The number of methoxy groups -OCH3 is 2. The highest BCUT2D eigenvalue weighted by Gasteiger charge is 2.22. The van der Waals surface area contributed by atoms with Gasteiger partial charge in [-0.3, -0.25) is 14.3 Å². The van der Waals surface area contributed by atoms with Crippen molar-refractivity contribution in [1.82, 2.24) is 9.55 Å². The lowest BCUT2D eigenvalue weighted by Crippen LogP contribution is -2.28. The van der Waals surface area contributed by atoms with E-state index < -0.39 is 11.2 Å². The molecule has 1 heterocycles. The topological polar surface area (TPSA) is 102 Å². The maximum atomic E-state index is 12.3. The van der Waals surface area contributed by atoms with Crippen molar-refractivity contribution in [1.29, 1.82) is 0 Å². The second-order valence-corrected chi connectivity index (χ2v) is 8.29. The van der Waals surface area contributed by atoms with Crippen molar-refractivity contribution in [2.24, 2.45) is 0 Å². The van der Waals surface area contributed by atoms with E-state index in [4.69, 9.17) is 9.53 Å². The molecule has 2 N–H and O–H groups in total. The summed E-state index contributed by atoms with van der Waals surface area (Å²) in [5.74, 6) is 7.02. The summed E-state index contributed by atoms with van der Waals surface area (Å²) in [7, 11) is 6.73. The van der Waals surface area contributed by atoms with Crippen molar-refractivity contribution in [2.75, 3.05) is 33.7 Å². The largest absolute Gasteiger partial charge is 0.495 e. The summed E-state index contributed by atoms with van der Waals surface area (Å²) in [4.78, 5) is 34.1. The van der Waals surface area contributed by atoms with Gasteiger partial charge in [-0.15, -0.1) is 13.2 Å². The molecule has 0 aliphatic rings. The molecule has 0 spiro atoms. The number of hydrogen-bond acceptors (Lipinski definition) is 6. The molecule has 0 bridgehead atoms. The van der Waals surface area contributed by atoms with Gasteiger partial charge >= 0.3 is 5.69 Å². The Morgan fingerprint density at radius 1 is 0.923 bits per heavy atom. The Hall–Kier alpha value is -4.35. The van der Waals surface area contributed by atoms with Crippen LogP contribution >= 0.6 is 0 Å². The molecular formula is C31H43N3O5. The van der Waals surface area contributed by atoms with E-state index in [0.717, 1.165) is 16.8 Å². The van der Waals surface area contributed by atoms with Crippen molar-refractivity contribution >= 4 is 12.5 Å². The Kier molecular flexibility index (Phi) is 18.6. The molecule has 0 fully saturated rings. The van der Waals surface area contributed by atoms with E-state index in [1.807, 2.05) is 58.0 Å². The van der Waals surface area contributed by atoms with Gasteiger partial charge < -0.3 is 19.6 Å². The Balaban J connectivity index is 0. The zero-order valence-electron chi connectivity index (χ0n) is 24.7. The number of nitrogens with zero attached hydrogens (tertiary/aromatic N) is 1. The van der Waals surface area contributed by atoms with Gasteiger partial charge in [0.1, 0.15) is 12.5 Å². The zero-order valence-corrected chi connectivity index (χ0v) is 24.7. The van der Waals surface area contributed by atoms with Crippen LogP contribution in [0.15, 0.2) is 71.4 Å². The predicted octanol–water partition coefficient (Wildman–Crippen LogP) is 5.18.